The van der Waals surface area contributed by atoms with Gasteiger partial charge in [-0.1, -0.05) is 6.07 Å². The van der Waals surface area contributed by atoms with Gasteiger partial charge in [-0.3, -0.25) is 0 Å². The van der Waals surface area contributed by atoms with Gasteiger partial charge >= 0.3 is 6.09 Å². The van der Waals surface area contributed by atoms with Gasteiger partial charge in [-0.25, -0.2) is 4.79 Å². The molecule has 1 aliphatic heterocycles. The lowest BCUT2D eigenvalue weighted by molar-refractivity contribution is 0.102. The highest BCUT2D eigenvalue weighted by molar-refractivity contribution is 5.68. The number of ether oxygens (including phenoxy) is 2. The van der Waals surface area contributed by atoms with Gasteiger partial charge in [0.2, 0.25) is 0 Å². The Morgan fingerprint density at radius 3 is 2.83 bits per heavy atom. The summed E-state index contributed by atoms with van der Waals surface area (Å²) in [6.45, 7) is 7.70. The van der Waals surface area contributed by atoms with E-state index in [9.17, 15) is 4.79 Å². The van der Waals surface area contributed by atoms with Crippen molar-refractivity contribution in [2.75, 3.05) is 32.9 Å². The van der Waals surface area contributed by atoms with Crippen LogP contribution >= 0.6 is 0 Å². The molecule has 6 heteroatoms. The molecule has 0 saturated heterocycles. The first-order chi connectivity index (χ1) is 11.7. The van der Waals surface area contributed by atoms with E-state index in [1.165, 1.54) is 5.56 Å². The van der Waals surface area contributed by atoms with E-state index in [2.05, 4.69) is 11.4 Å². The molecule has 1 heterocycles. The van der Waals surface area contributed by atoms with Gasteiger partial charge in [0.25, 0.3) is 0 Å². The number of carbonyl (C=O) groups is 1. The number of hydrogen-bond acceptors (Lipinski definition) is 5. The third-order valence-electron chi connectivity index (χ3n) is 4.05. The molecule has 0 atom stereocenters. The van der Waals surface area contributed by atoms with Crippen molar-refractivity contribution in [1.29, 1.82) is 0 Å². The quantitative estimate of drug-likeness (QED) is 0.711. The van der Waals surface area contributed by atoms with Gasteiger partial charge in [-0.15, -0.1) is 0 Å². The molecule has 24 heavy (non-hydrogen) atoms. The summed E-state index contributed by atoms with van der Waals surface area (Å²) in [5.74, 6) is 0.860. The van der Waals surface area contributed by atoms with E-state index in [0.717, 1.165) is 36.3 Å². The average molecular weight is 336 g/mol. The zero-order valence-corrected chi connectivity index (χ0v) is 14.6. The van der Waals surface area contributed by atoms with Crippen LogP contribution in [0.4, 0.5) is 4.79 Å². The highest BCUT2D eigenvalue weighted by Crippen LogP contribution is 2.28. The van der Waals surface area contributed by atoms with E-state index >= 15 is 0 Å². The highest BCUT2D eigenvalue weighted by Gasteiger charge is 2.23. The summed E-state index contributed by atoms with van der Waals surface area (Å²) in [6.07, 6.45) is 1.31. The van der Waals surface area contributed by atoms with Crippen LogP contribution in [0.15, 0.2) is 12.1 Å². The van der Waals surface area contributed by atoms with Crippen molar-refractivity contribution in [3.8, 4) is 5.75 Å². The maximum absolute atomic E-state index is 11.9. The molecule has 0 unspecified atom stereocenters. The van der Waals surface area contributed by atoms with E-state index in [1.54, 1.807) is 4.90 Å². The van der Waals surface area contributed by atoms with Crippen LogP contribution in [0, 0.1) is 0 Å². The first-order valence-electron chi connectivity index (χ1n) is 8.70. The van der Waals surface area contributed by atoms with Gasteiger partial charge in [0.1, 0.15) is 5.75 Å². The van der Waals surface area contributed by atoms with Crippen LogP contribution in [0.3, 0.4) is 0 Å². The second kappa shape index (κ2) is 9.49. The topological polar surface area (TPSA) is 71.0 Å². The zero-order chi connectivity index (χ0) is 17.4. The molecule has 0 fully saturated rings. The number of nitrogens with one attached hydrogen (secondary N) is 1. The largest absolute Gasteiger partial charge is 0.494 e. The molecule has 0 bridgehead atoms. The van der Waals surface area contributed by atoms with Crippen molar-refractivity contribution in [3.05, 3.63) is 28.8 Å². The maximum atomic E-state index is 11.9. The lowest BCUT2D eigenvalue weighted by atomic mass is 9.96. The summed E-state index contributed by atoms with van der Waals surface area (Å²) >= 11 is 0. The summed E-state index contributed by atoms with van der Waals surface area (Å²) < 4.78 is 10.9. The molecule has 2 rings (SSSR count). The zero-order valence-electron chi connectivity index (χ0n) is 14.6. The molecular formula is C18H28N2O4. The second-order valence-electron chi connectivity index (χ2n) is 5.79. The van der Waals surface area contributed by atoms with Gasteiger partial charge in [-0.2, -0.15) is 0 Å². The van der Waals surface area contributed by atoms with Gasteiger partial charge in [0, 0.05) is 31.8 Å². The Bertz CT molecular complexity index is 548. The molecule has 0 saturated carbocycles. The second-order valence-corrected chi connectivity index (χ2v) is 5.79. The number of amides is 1. The number of benzene rings is 1. The Labute approximate surface area is 143 Å². The molecule has 134 valence electrons. The standard InChI is InChI=1S/C18H28N2O4/c1-3-23-17-11-16-13-20(18(22)24-4-2)8-6-14(16)10-15(17)12-19-7-5-9-21/h10-11,19,21H,3-9,12-13H2,1-2H3. The summed E-state index contributed by atoms with van der Waals surface area (Å²) in [6, 6.07) is 4.22. The molecule has 1 aliphatic rings. The van der Waals surface area contributed by atoms with Gasteiger partial charge in [0.15, 0.2) is 0 Å². The normalized spacial score (nSPS) is 13.5. The SMILES string of the molecule is CCOC(=O)N1CCc2cc(CNCCCO)c(OCC)cc2C1. The Kier molecular flexibility index (Phi) is 7.34. The van der Waals surface area contributed by atoms with Gasteiger partial charge in [-0.05, 0) is 50.4 Å². The van der Waals surface area contributed by atoms with Crippen LogP contribution in [-0.2, 0) is 24.2 Å². The summed E-state index contributed by atoms with van der Waals surface area (Å²) in [5.41, 5.74) is 3.51. The highest BCUT2D eigenvalue weighted by atomic mass is 16.6. The molecule has 0 aliphatic carbocycles. The number of aliphatic hydroxyl groups excluding tert-OH is 1. The molecular weight excluding hydrogens is 308 g/mol. The number of aliphatic hydroxyl groups is 1. The third-order valence-corrected chi connectivity index (χ3v) is 4.05. The fraction of sp³-hybridized carbons (Fsp3) is 0.611. The Balaban J connectivity index is 2.12. The average Bonchev–Trinajstić information content (AvgIpc) is 2.59. The fourth-order valence-corrected chi connectivity index (χ4v) is 2.86. The molecule has 0 spiro atoms. The van der Waals surface area contributed by atoms with E-state index < -0.39 is 0 Å². The predicted molar refractivity (Wildman–Crippen MR) is 92.2 cm³/mol. The minimum Gasteiger partial charge on any atom is -0.494 e. The van der Waals surface area contributed by atoms with E-state index in [0.29, 0.717) is 32.8 Å². The smallest absolute Gasteiger partial charge is 0.410 e. The molecule has 1 aromatic rings. The minimum atomic E-state index is -0.254. The van der Waals surface area contributed by atoms with Crippen molar-refractivity contribution < 1.29 is 19.4 Å². The summed E-state index contributed by atoms with van der Waals surface area (Å²) in [4.78, 5) is 13.7. The van der Waals surface area contributed by atoms with Crippen LogP contribution in [0.25, 0.3) is 0 Å². The van der Waals surface area contributed by atoms with Crippen LogP contribution in [0.5, 0.6) is 5.75 Å². The van der Waals surface area contributed by atoms with Crippen LogP contribution in [-0.4, -0.2) is 49.0 Å². The number of carbonyl (C=O) groups excluding carboxylic acids is 1. The number of hydrogen-bond donors (Lipinski definition) is 2. The summed E-state index contributed by atoms with van der Waals surface area (Å²) in [7, 11) is 0. The van der Waals surface area contributed by atoms with E-state index in [1.807, 2.05) is 19.9 Å². The predicted octanol–water partition coefficient (Wildman–Crippen LogP) is 2.07. The molecule has 2 N–H and O–H groups in total. The number of fused-ring (bicyclic) bond motifs is 1. The van der Waals surface area contributed by atoms with Gasteiger partial charge in [0.05, 0.1) is 13.2 Å². The molecule has 0 radical (unpaired) electrons. The van der Waals surface area contributed by atoms with Crippen molar-refractivity contribution in [2.24, 2.45) is 0 Å². The van der Waals surface area contributed by atoms with Crippen molar-refractivity contribution >= 4 is 6.09 Å². The Morgan fingerprint density at radius 1 is 1.29 bits per heavy atom. The van der Waals surface area contributed by atoms with Crippen molar-refractivity contribution in [1.82, 2.24) is 10.2 Å². The molecule has 1 amide bonds. The Hall–Kier alpha value is -1.79. The van der Waals surface area contributed by atoms with Crippen LogP contribution < -0.4 is 10.1 Å². The molecule has 1 aromatic carbocycles. The third kappa shape index (κ3) is 4.85. The van der Waals surface area contributed by atoms with Crippen LogP contribution in [0.2, 0.25) is 0 Å². The van der Waals surface area contributed by atoms with Crippen molar-refractivity contribution in [3.63, 3.8) is 0 Å². The van der Waals surface area contributed by atoms with E-state index in [4.69, 9.17) is 14.6 Å². The number of nitrogens with zero attached hydrogens (tertiary/aromatic N) is 1. The lowest BCUT2D eigenvalue weighted by Gasteiger charge is -2.29. The fourth-order valence-electron chi connectivity index (χ4n) is 2.86. The molecule has 0 aromatic heterocycles. The maximum Gasteiger partial charge on any atom is 0.410 e. The van der Waals surface area contributed by atoms with Gasteiger partial charge < -0.3 is 24.8 Å². The number of rotatable bonds is 8. The minimum absolute atomic E-state index is 0.194. The first-order valence-corrected chi connectivity index (χ1v) is 8.70. The lowest BCUT2D eigenvalue weighted by Crippen LogP contribution is -2.36. The monoisotopic (exact) mass is 336 g/mol. The van der Waals surface area contributed by atoms with Crippen molar-refractivity contribution in [2.45, 2.75) is 39.8 Å². The first kappa shape index (κ1) is 18.5. The Morgan fingerprint density at radius 2 is 2.12 bits per heavy atom. The van der Waals surface area contributed by atoms with E-state index in [-0.39, 0.29) is 12.7 Å². The molecule has 6 nitrogen and oxygen atoms in total. The van der Waals surface area contributed by atoms with Crippen LogP contribution in [0.1, 0.15) is 37.0 Å². The summed E-state index contributed by atoms with van der Waals surface area (Å²) in [5, 5.41) is 12.2.